The standard InChI is InChI=1S/C13H10I2/c14-12-8-5-9(13(12)15)11-7-4-2-1-3-6(7)10(8)11/h1-4,8-11H,5H2/t8-,9+,10+,11-. The highest BCUT2D eigenvalue weighted by Crippen LogP contribution is 2.71. The Morgan fingerprint density at radius 2 is 1.33 bits per heavy atom. The molecule has 1 fully saturated rings. The lowest BCUT2D eigenvalue weighted by Crippen LogP contribution is -2.29. The Kier molecular flexibility index (Phi) is 1.89. The van der Waals surface area contributed by atoms with Crippen LogP contribution in [0.4, 0.5) is 0 Å². The normalized spacial score (nSPS) is 40.1. The van der Waals surface area contributed by atoms with E-state index in [1.807, 2.05) is 0 Å². The summed E-state index contributed by atoms with van der Waals surface area (Å²) in [5.41, 5.74) is 3.29. The van der Waals surface area contributed by atoms with Crippen LogP contribution in [0, 0.1) is 11.8 Å². The molecule has 0 N–H and O–H groups in total. The molecule has 1 saturated carbocycles. The van der Waals surface area contributed by atoms with Crippen molar-refractivity contribution in [2.75, 3.05) is 0 Å². The zero-order chi connectivity index (χ0) is 10.2. The van der Waals surface area contributed by atoms with Crippen LogP contribution in [0.15, 0.2) is 31.4 Å². The maximum Gasteiger partial charge on any atom is 0.00392 e. The van der Waals surface area contributed by atoms with E-state index in [1.54, 1.807) is 18.3 Å². The molecule has 0 spiro atoms. The number of rotatable bonds is 0. The minimum Gasteiger partial charge on any atom is -0.0620 e. The number of allylic oxidation sites excluding steroid dienone is 2. The Morgan fingerprint density at radius 1 is 0.867 bits per heavy atom. The second-order valence-corrected chi connectivity index (χ2v) is 7.15. The van der Waals surface area contributed by atoms with E-state index in [4.69, 9.17) is 0 Å². The van der Waals surface area contributed by atoms with E-state index in [9.17, 15) is 0 Å². The molecule has 76 valence electrons. The summed E-state index contributed by atoms with van der Waals surface area (Å²) in [4.78, 5) is 0. The van der Waals surface area contributed by atoms with Crippen LogP contribution in [0.5, 0.6) is 0 Å². The molecule has 3 aliphatic rings. The van der Waals surface area contributed by atoms with Gasteiger partial charge in [0.1, 0.15) is 0 Å². The molecule has 1 aromatic rings. The van der Waals surface area contributed by atoms with Gasteiger partial charge in [-0.25, -0.2) is 0 Å². The van der Waals surface area contributed by atoms with Crippen molar-refractivity contribution >= 4 is 45.2 Å². The maximum atomic E-state index is 2.58. The van der Waals surface area contributed by atoms with E-state index in [0.29, 0.717) is 0 Å². The molecule has 2 bridgehead atoms. The van der Waals surface area contributed by atoms with Gasteiger partial charge in [0, 0.05) is 7.16 Å². The number of hydrogen-bond donors (Lipinski definition) is 0. The van der Waals surface area contributed by atoms with Crippen LogP contribution < -0.4 is 0 Å². The predicted molar refractivity (Wildman–Crippen MR) is 78.6 cm³/mol. The van der Waals surface area contributed by atoms with E-state index >= 15 is 0 Å². The summed E-state index contributed by atoms with van der Waals surface area (Å²) < 4.78 is 3.32. The molecule has 4 rings (SSSR count). The van der Waals surface area contributed by atoms with Crippen molar-refractivity contribution < 1.29 is 0 Å². The van der Waals surface area contributed by atoms with Crippen molar-refractivity contribution in [3.8, 4) is 0 Å². The minimum atomic E-state index is 0.863. The SMILES string of the molecule is IC1=C(I)[C@@H]2C[C@H]1[C@H]1c3ccccc3[C@H]12. The van der Waals surface area contributed by atoms with E-state index in [-0.39, 0.29) is 0 Å². The summed E-state index contributed by atoms with van der Waals surface area (Å²) >= 11 is 5.16. The lowest BCUT2D eigenvalue weighted by atomic mass is 9.63. The van der Waals surface area contributed by atoms with Crippen molar-refractivity contribution in [3.05, 3.63) is 42.6 Å². The summed E-state index contributed by atoms with van der Waals surface area (Å²) in [6.07, 6.45) is 1.42. The van der Waals surface area contributed by atoms with Gasteiger partial charge in [-0.05, 0) is 86.4 Å². The van der Waals surface area contributed by atoms with Gasteiger partial charge in [-0.2, -0.15) is 0 Å². The lowest BCUT2D eigenvalue weighted by molar-refractivity contribution is 0.440. The summed E-state index contributed by atoms with van der Waals surface area (Å²) in [7, 11) is 0. The average Bonchev–Trinajstić information content (AvgIpc) is 2.70. The first-order valence-corrected chi connectivity index (χ1v) is 7.58. The van der Waals surface area contributed by atoms with Gasteiger partial charge in [0.2, 0.25) is 0 Å². The largest absolute Gasteiger partial charge is 0.0620 e. The smallest absolute Gasteiger partial charge is 0.00392 e. The monoisotopic (exact) mass is 420 g/mol. The summed E-state index contributed by atoms with van der Waals surface area (Å²) in [6, 6.07) is 9.08. The second kappa shape index (κ2) is 3.00. The van der Waals surface area contributed by atoms with Gasteiger partial charge >= 0.3 is 0 Å². The highest BCUT2D eigenvalue weighted by atomic mass is 127. The fraction of sp³-hybridized carbons (Fsp3) is 0.385. The van der Waals surface area contributed by atoms with Crippen molar-refractivity contribution in [3.63, 3.8) is 0 Å². The van der Waals surface area contributed by atoms with Gasteiger partial charge in [-0.1, -0.05) is 24.3 Å². The third-order valence-corrected chi connectivity index (χ3v) is 8.15. The van der Waals surface area contributed by atoms with E-state index in [2.05, 4.69) is 69.4 Å². The van der Waals surface area contributed by atoms with Crippen LogP contribution >= 0.6 is 45.2 Å². The summed E-state index contributed by atoms with van der Waals surface area (Å²) in [6.45, 7) is 0. The van der Waals surface area contributed by atoms with Gasteiger partial charge in [0.25, 0.3) is 0 Å². The summed E-state index contributed by atoms with van der Waals surface area (Å²) in [5.74, 6) is 3.47. The van der Waals surface area contributed by atoms with Gasteiger partial charge in [0.15, 0.2) is 0 Å². The molecule has 0 amide bonds. The average molecular weight is 420 g/mol. The zero-order valence-corrected chi connectivity index (χ0v) is 12.4. The fourth-order valence-corrected chi connectivity index (χ4v) is 5.87. The van der Waals surface area contributed by atoms with Crippen LogP contribution in [-0.4, -0.2) is 0 Å². The van der Waals surface area contributed by atoms with E-state index < -0.39 is 0 Å². The first-order chi connectivity index (χ1) is 7.29. The zero-order valence-electron chi connectivity index (χ0n) is 8.08. The summed E-state index contributed by atoms with van der Waals surface area (Å²) in [5, 5.41) is 0. The van der Waals surface area contributed by atoms with Crippen molar-refractivity contribution in [1.29, 1.82) is 0 Å². The Balaban J connectivity index is 1.89. The molecule has 2 heteroatoms. The molecular formula is C13H10I2. The van der Waals surface area contributed by atoms with E-state index in [1.165, 1.54) is 6.42 Å². The van der Waals surface area contributed by atoms with Gasteiger partial charge < -0.3 is 0 Å². The molecule has 0 aromatic heterocycles. The van der Waals surface area contributed by atoms with Gasteiger partial charge in [-0.3, -0.25) is 0 Å². The Hall–Kier alpha value is 0.420. The maximum absolute atomic E-state index is 2.58. The number of halogens is 2. The molecule has 0 heterocycles. The molecule has 0 nitrogen and oxygen atoms in total. The Labute approximate surface area is 117 Å². The minimum absolute atomic E-state index is 0.863. The predicted octanol–water partition coefficient (Wildman–Crippen LogP) is 4.60. The topological polar surface area (TPSA) is 0 Å². The van der Waals surface area contributed by atoms with Crippen LogP contribution in [0.3, 0.4) is 0 Å². The number of hydrogen-bond acceptors (Lipinski definition) is 0. The highest BCUT2D eigenvalue weighted by molar-refractivity contribution is 14.1. The van der Waals surface area contributed by atoms with Crippen LogP contribution in [0.1, 0.15) is 29.4 Å². The van der Waals surface area contributed by atoms with Crippen molar-refractivity contribution in [1.82, 2.24) is 0 Å². The van der Waals surface area contributed by atoms with Gasteiger partial charge in [0.05, 0.1) is 0 Å². The third-order valence-electron chi connectivity index (χ3n) is 4.36. The van der Waals surface area contributed by atoms with Crippen LogP contribution in [-0.2, 0) is 0 Å². The quantitative estimate of drug-likeness (QED) is 0.539. The lowest BCUT2D eigenvalue weighted by Gasteiger charge is -2.42. The molecule has 0 radical (unpaired) electrons. The molecule has 15 heavy (non-hydrogen) atoms. The second-order valence-electron chi connectivity index (χ2n) is 4.83. The van der Waals surface area contributed by atoms with E-state index in [0.717, 1.165) is 23.7 Å². The first-order valence-electron chi connectivity index (χ1n) is 5.43. The fourth-order valence-electron chi connectivity index (χ4n) is 3.79. The molecule has 3 aliphatic carbocycles. The molecular weight excluding hydrogens is 410 g/mol. The number of benzene rings is 1. The molecule has 1 aromatic carbocycles. The van der Waals surface area contributed by atoms with Crippen LogP contribution in [0.25, 0.3) is 0 Å². The first kappa shape index (κ1) is 9.45. The molecule has 0 aliphatic heterocycles. The molecule has 4 atom stereocenters. The Morgan fingerprint density at radius 3 is 1.80 bits per heavy atom. The van der Waals surface area contributed by atoms with Crippen molar-refractivity contribution in [2.45, 2.75) is 18.3 Å². The number of fused-ring (bicyclic) bond motifs is 8. The highest BCUT2D eigenvalue weighted by Gasteiger charge is 2.57. The van der Waals surface area contributed by atoms with Crippen molar-refractivity contribution in [2.24, 2.45) is 11.8 Å². The van der Waals surface area contributed by atoms with Gasteiger partial charge in [-0.15, -0.1) is 0 Å². The molecule has 0 saturated heterocycles. The van der Waals surface area contributed by atoms with Crippen LogP contribution in [0.2, 0.25) is 0 Å². The molecule has 0 unspecified atom stereocenters. The Bertz CT molecular complexity index is 446. The third kappa shape index (κ3) is 0.989.